The first-order valence-corrected chi connectivity index (χ1v) is 9.04. The smallest absolute Gasteiger partial charge is 0.435 e. The van der Waals surface area contributed by atoms with Crippen molar-refractivity contribution in [3.8, 4) is 5.75 Å². The molecule has 30 heavy (non-hydrogen) atoms. The fourth-order valence-electron chi connectivity index (χ4n) is 2.62. The van der Waals surface area contributed by atoms with E-state index in [2.05, 4.69) is 15.5 Å². The molecule has 7 nitrogen and oxygen atoms in total. The molecule has 0 atom stereocenters. The van der Waals surface area contributed by atoms with Crippen LogP contribution in [0.2, 0.25) is 0 Å². The van der Waals surface area contributed by atoms with Crippen molar-refractivity contribution in [1.82, 2.24) is 24.9 Å². The summed E-state index contributed by atoms with van der Waals surface area (Å²) in [5, 5.41) is 10.3. The Morgan fingerprint density at radius 2 is 1.90 bits per heavy atom. The number of aryl methyl sites for hydroxylation is 2. The zero-order valence-electron chi connectivity index (χ0n) is 16.0. The van der Waals surface area contributed by atoms with Crippen molar-refractivity contribution in [2.24, 2.45) is 0 Å². The normalized spacial score (nSPS) is 11.5. The highest BCUT2D eigenvalue weighted by Gasteiger charge is 2.34. The maximum Gasteiger partial charge on any atom is 0.435 e. The van der Waals surface area contributed by atoms with E-state index >= 15 is 0 Å². The number of carbonyl (C=O) groups is 1. The minimum Gasteiger partial charge on any atom is -0.471 e. The van der Waals surface area contributed by atoms with Crippen LogP contribution >= 0.6 is 0 Å². The molecular weight excluding hydrogens is 406 g/mol. The van der Waals surface area contributed by atoms with Crippen molar-refractivity contribution in [3.63, 3.8) is 0 Å². The van der Waals surface area contributed by atoms with E-state index in [9.17, 15) is 22.4 Å². The van der Waals surface area contributed by atoms with Gasteiger partial charge in [-0.3, -0.25) is 9.48 Å². The minimum atomic E-state index is -4.48. The molecule has 0 fully saturated rings. The number of aromatic nitrogens is 4. The Morgan fingerprint density at radius 1 is 1.17 bits per heavy atom. The molecule has 0 saturated heterocycles. The highest BCUT2D eigenvalue weighted by Crippen LogP contribution is 2.28. The molecule has 3 rings (SSSR count). The molecule has 2 aromatic heterocycles. The molecule has 1 aromatic carbocycles. The molecule has 2 heterocycles. The predicted octanol–water partition coefficient (Wildman–Crippen LogP) is 3.40. The van der Waals surface area contributed by atoms with E-state index in [4.69, 9.17) is 4.74 Å². The Kier molecular flexibility index (Phi) is 6.38. The molecular formula is C19H19F4N5O2. The third-order valence-corrected chi connectivity index (χ3v) is 4.15. The van der Waals surface area contributed by atoms with Gasteiger partial charge in [-0.1, -0.05) is 0 Å². The van der Waals surface area contributed by atoms with Crippen LogP contribution in [-0.4, -0.2) is 32.0 Å². The number of hydrogen-bond donors (Lipinski definition) is 1. The fourth-order valence-corrected chi connectivity index (χ4v) is 2.62. The van der Waals surface area contributed by atoms with Gasteiger partial charge in [0, 0.05) is 25.0 Å². The van der Waals surface area contributed by atoms with E-state index < -0.39 is 17.8 Å². The van der Waals surface area contributed by atoms with Gasteiger partial charge in [-0.2, -0.15) is 23.4 Å². The van der Waals surface area contributed by atoms with Gasteiger partial charge < -0.3 is 10.1 Å². The first-order chi connectivity index (χ1) is 14.2. The highest BCUT2D eigenvalue weighted by molar-refractivity contribution is 5.92. The van der Waals surface area contributed by atoms with Gasteiger partial charge in [0.25, 0.3) is 5.91 Å². The van der Waals surface area contributed by atoms with Gasteiger partial charge in [-0.05, 0) is 49.7 Å². The summed E-state index contributed by atoms with van der Waals surface area (Å²) in [7, 11) is 0. The van der Waals surface area contributed by atoms with Crippen molar-refractivity contribution >= 4 is 5.91 Å². The molecule has 0 unspecified atom stereocenters. The van der Waals surface area contributed by atoms with Crippen LogP contribution < -0.4 is 10.1 Å². The molecule has 1 amide bonds. The summed E-state index contributed by atoms with van der Waals surface area (Å²) >= 11 is 0. The predicted molar refractivity (Wildman–Crippen MR) is 98.2 cm³/mol. The lowest BCUT2D eigenvalue weighted by molar-refractivity contribution is -0.141. The summed E-state index contributed by atoms with van der Waals surface area (Å²) in [6.07, 6.45) is -2.52. The van der Waals surface area contributed by atoms with Crippen LogP contribution in [0.15, 0.2) is 42.6 Å². The summed E-state index contributed by atoms with van der Waals surface area (Å²) in [5.41, 5.74) is -0.363. The molecule has 0 aliphatic rings. The first-order valence-electron chi connectivity index (χ1n) is 9.04. The van der Waals surface area contributed by atoms with Crippen molar-refractivity contribution < 1.29 is 27.1 Å². The fraction of sp³-hybridized carbons (Fsp3) is 0.316. The SMILES string of the molecule is Cc1cc(C(F)(F)F)nn1CCCNC(=O)c1ccn(COc2ccc(F)cc2)n1. The molecule has 0 saturated carbocycles. The minimum absolute atomic E-state index is 0.0407. The second-order valence-corrected chi connectivity index (χ2v) is 6.47. The lowest BCUT2D eigenvalue weighted by atomic mass is 10.3. The van der Waals surface area contributed by atoms with Crippen molar-refractivity contribution in [1.29, 1.82) is 0 Å². The Bertz CT molecular complexity index is 995. The van der Waals surface area contributed by atoms with Crippen LogP contribution in [0.5, 0.6) is 5.75 Å². The molecule has 160 valence electrons. The molecule has 0 radical (unpaired) electrons. The van der Waals surface area contributed by atoms with Crippen molar-refractivity contribution in [2.75, 3.05) is 6.54 Å². The number of ether oxygens (including phenoxy) is 1. The summed E-state index contributed by atoms with van der Waals surface area (Å²) < 4.78 is 59.0. The van der Waals surface area contributed by atoms with Crippen LogP contribution in [-0.2, 0) is 19.5 Å². The Balaban J connectivity index is 1.43. The Morgan fingerprint density at radius 3 is 2.57 bits per heavy atom. The zero-order valence-corrected chi connectivity index (χ0v) is 16.0. The lowest BCUT2D eigenvalue weighted by Crippen LogP contribution is -2.26. The number of nitrogens with zero attached hydrogens (tertiary/aromatic N) is 4. The number of alkyl halides is 3. The Labute approximate surface area is 169 Å². The van der Waals surface area contributed by atoms with E-state index in [0.717, 1.165) is 6.07 Å². The standard InChI is InChI=1S/C19H19F4N5O2/c1-13-11-17(19(21,22)23)26-28(13)9-2-8-24-18(29)16-7-10-27(25-16)12-30-15-5-3-14(20)4-6-15/h3-7,10-11H,2,8-9,12H2,1H3,(H,24,29). The van der Waals surface area contributed by atoms with Gasteiger partial charge in [-0.15, -0.1) is 0 Å². The third kappa shape index (κ3) is 5.58. The molecule has 3 aromatic rings. The van der Waals surface area contributed by atoms with Gasteiger partial charge in [0.1, 0.15) is 17.3 Å². The monoisotopic (exact) mass is 425 g/mol. The summed E-state index contributed by atoms with van der Waals surface area (Å²) in [6.45, 7) is 2.07. The number of hydrogen-bond acceptors (Lipinski definition) is 4. The topological polar surface area (TPSA) is 74.0 Å². The highest BCUT2D eigenvalue weighted by atomic mass is 19.4. The number of benzene rings is 1. The van der Waals surface area contributed by atoms with Gasteiger partial charge in [-0.25, -0.2) is 9.07 Å². The number of rotatable bonds is 8. The molecule has 0 aliphatic carbocycles. The molecule has 0 aliphatic heterocycles. The van der Waals surface area contributed by atoms with E-state index in [1.807, 2.05) is 0 Å². The average Bonchev–Trinajstić information content (AvgIpc) is 3.31. The van der Waals surface area contributed by atoms with Crippen LogP contribution in [0.4, 0.5) is 17.6 Å². The molecule has 0 spiro atoms. The maximum atomic E-state index is 12.9. The Hall–Kier alpha value is -3.37. The maximum absolute atomic E-state index is 12.9. The van der Waals surface area contributed by atoms with E-state index in [1.165, 1.54) is 39.7 Å². The molecule has 0 bridgehead atoms. The molecule has 1 N–H and O–H groups in total. The van der Waals surface area contributed by atoms with Crippen molar-refractivity contribution in [3.05, 3.63) is 65.5 Å². The van der Waals surface area contributed by atoms with Gasteiger partial charge >= 0.3 is 6.18 Å². The molecule has 11 heteroatoms. The van der Waals surface area contributed by atoms with Crippen LogP contribution in [0, 0.1) is 12.7 Å². The average molecular weight is 425 g/mol. The number of halogens is 4. The lowest BCUT2D eigenvalue weighted by Gasteiger charge is -2.07. The number of nitrogens with one attached hydrogen (secondary N) is 1. The summed E-state index contributed by atoms with van der Waals surface area (Å²) in [4.78, 5) is 12.1. The van der Waals surface area contributed by atoms with Crippen LogP contribution in [0.25, 0.3) is 0 Å². The van der Waals surface area contributed by atoms with Crippen LogP contribution in [0.3, 0.4) is 0 Å². The largest absolute Gasteiger partial charge is 0.471 e. The van der Waals surface area contributed by atoms with Crippen molar-refractivity contribution in [2.45, 2.75) is 32.8 Å². The van der Waals surface area contributed by atoms with Crippen LogP contribution in [0.1, 0.15) is 28.3 Å². The van der Waals surface area contributed by atoms with E-state index in [1.54, 1.807) is 13.1 Å². The summed E-state index contributed by atoms with van der Waals surface area (Å²) in [6, 6.07) is 7.99. The second kappa shape index (κ2) is 8.97. The van der Waals surface area contributed by atoms with Gasteiger partial charge in [0.15, 0.2) is 12.4 Å². The van der Waals surface area contributed by atoms with E-state index in [0.29, 0.717) is 17.9 Å². The number of amides is 1. The quantitative estimate of drug-likeness (QED) is 0.444. The summed E-state index contributed by atoms with van der Waals surface area (Å²) in [5.74, 6) is -0.326. The van der Waals surface area contributed by atoms with Gasteiger partial charge in [0.2, 0.25) is 0 Å². The first kappa shape index (κ1) is 21.3. The third-order valence-electron chi connectivity index (χ3n) is 4.15. The number of carbonyl (C=O) groups excluding carboxylic acids is 1. The second-order valence-electron chi connectivity index (χ2n) is 6.47. The zero-order chi connectivity index (χ0) is 21.7. The van der Waals surface area contributed by atoms with Gasteiger partial charge in [0.05, 0.1) is 0 Å². The van der Waals surface area contributed by atoms with E-state index in [-0.39, 0.29) is 31.3 Å².